The smallest absolute Gasteiger partial charge is 0.201 e. The molecule has 708 valence electrons. The fourth-order valence-corrected chi connectivity index (χ4v) is 20.7. The molecule has 0 saturated heterocycles. The minimum Gasteiger partial charge on any atom is -0.201 e. The molecule has 143 heavy (non-hydrogen) atoms. The van der Waals surface area contributed by atoms with Gasteiger partial charge in [0.25, 0.3) is 0 Å². The van der Waals surface area contributed by atoms with Crippen LogP contribution in [-0.4, -0.2) is 0 Å². The highest BCUT2D eigenvalue weighted by Gasteiger charge is 2.26. The van der Waals surface area contributed by atoms with E-state index in [0.29, 0.717) is 0 Å². The topological polar surface area (TPSA) is 19.4 Å². The number of aryl methyl sites for hydroxylation is 23. The van der Waals surface area contributed by atoms with E-state index in [4.69, 9.17) is 0 Å². The lowest BCUT2D eigenvalue weighted by atomic mass is 9.90. The molecule has 5 nitrogen and oxygen atoms in total. The molecular formula is C138H136N5+5. The van der Waals surface area contributed by atoms with Crippen LogP contribution in [0.25, 0.3) is 168 Å². The van der Waals surface area contributed by atoms with Crippen LogP contribution in [-0.2, 0) is 35.2 Å². The van der Waals surface area contributed by atoms with E-state index in [1.807, 2.05) is 0 Å². The van der Waals surface area contributed by atoms with E-state index >= 15 is 0 Å². The van der Waals surface area contributed by atoms with Gasteiger partial charge in [0.2, 0.25) is 28.5 Å². The van der Waals surface area contributed by atoms with Gasteiger partial charge in [0, 0.05) is 87.0 Å². The largest absolute Gasteiger partial charge is 0.213 e. The summed E-state index contributed by atoms with van der Waals surface area (Å²) < 4.78 is 11.2. The molecule has 20 rings (SSSR count). The maximum atomic E-state index is 2.37. The van der Waals surface area contributed by atoms with Crippen molar-refractivity contribution in [3.05, 3.63) is 507 Å². The first kappa shape index (κ1) is 100. The van der Waals surface area contributed by atoms with E-state index < -0.39 is 0 Å². The summed E-state index contributed by atoms with van der Waals surface area (Å²) in [6.45, 7) is 39.6. The number of hydrogen-bond donors (Lipinski definition) is 0. The van der Waals surface area contributed by atoms with Gasteiger partial charge in [-0.15, -0.1) is 0 Å². The fraction of sp³-hybridized carbons (Fsp3) is 0.167. The molecule has 0 N–H and O–H groups in total. The molecule has 15 aromatic carbocycles. The second-order valence-corrected chi connectivity index (χ2v) is 39.3. The summed E-state index contributed by atoms with van der Waals surface area (Å²) in [5.74, 6) is 0. The summed E-state index contributed by atoms with van der Waals surface area (Å²) >= 11 is 0. The van der Waals surface area contributed by atoms with Crippen LogP contribution in [0.4, 0.5) is 0 Å². The predicted octanol–water partition coefficient (Wildman–Crippen LogP) is 33.1. The van der Waals surface area contributed by atoms with Crippen molar-refractivity contribution in [2.24, 2.45) is 35.2 Å². The molecule has 0 unspecified atom stereocenters. The van der Waals surface area contributed by atoms with Crippen LogP contribution < -0.4 is 22.8 Å². The van der Waals surface area contributed by atoms with Gasteiger partial charge in [0.05, 0.1) is 0 Å². The van der Waals surface area contributed by atoms with Gasteiger partial charge < -0.3 is 0 Å². The molecule has 5 aromatic heterocycles. The number of hydrogen-bond acceptors (Lipinski definition) is 0. The van der Waals surface area contributed by atoms with Crippen LogP contribution in [0.2, 0.25) is 0 Å². The molecule has 0 aliphatic carbocycles. The molecule has 20 aromatic rings. The quantitative estimate of drug-likeness (QED) is 0.0912. The zero-order chi connectivity index (χ0) is 101. The highest BCUT2D eigenvalue weighted by molar-refractivity contribution is 5.85. The van der Waals surface area contributed by atoms with Crippen molar-refractivity contribution in [2.75, 3.05) is 0 Å². The Morgan fingerprint density at radius 2 is 0.406 bits per heavy atom. The molecule has 0 atom stereocenters. The highest BCUT2D eigenvalue weighted by Crippen LogP contribution is 2.42. The van der Waals surface area contributed by atoms with Crippen molar-refractivity contribution in [2.45, 2.75) is 125 Å². The summed E-state index contributed by atoms with van der Waals surface area (Å²) in [6.07, 6.45) is 11.1. The highest BCUT2D eigenvalue weighted by atomic mass is 14.9. The Morgan fingerprint density at radius 3 is 0.783 bits per heavy atom. The standard InChI is InChI=1S/C29H30N.2C28H28N.C27H26N.C26H24N/c1-19-14-21(3)29(22(4)15-19)27-17-28(30(6)18-23(27)5)26-16-25(13-12-20(26)2)24-10-8-7-9-11-24;1-19-14-15-24(23-12-7-6-8-13-23)16-25(19)27-17-26(22(4)18-29(27)5)28-20(2)10-9-11-21(28)3;1-19-11-14-25(21(3)15-19)26-17-28(29(5)18-22(26)4)27-16-24(13-12-20(27)2)23-9-7-6-8-10-23;1-19-10-8-9-13-24(19)23-14-15-28(4)27(17-23)26-18-25(20(2)16-21(26)3)22-11-6-5-7-12-22;1-19-16-20(2)25(18-24(19)22-12-8-5-9-13-22)26-17-23(14-15-27(26)3)21-10-6-4-7-11-21/h7-18H,1-6H3;2*6-18H,1-5H3;5-18H,1-4H3;4-18H,1-3H3/q5*+1. The van der Waals surface area contributed by atoms with Crippen LogP contribution in [0.3, 0.4) is 0 Å². The van der Waals surface area contributed by atoms with Crippen LogP contribution in [0.1, 0.15) is 100 Å². The first-order valence-corrected chi connectivity index (χ1v) is 50.1. The second-order valence-electron chi connectivity index (χ2n) is 39.3. The van der Waals surface area contributed by atoms with Gasteiger partial charge in [-0.25, -0.2) is 22.8 Å². The molecule has 0 bridgehead atoms. The maximum Gasteiger partial charge on any atom is 0.213 e. The number of aromatic nitrogens is 5. The van der Waals surface area contributed by atoms with E-state index in [1.165, 1.54) is 268 Å². The Morgan fingerprint density at radius 1 is 0.126 bits per heavy atom. The van der Waals surface area contributed by atoms with E-state index in [-0.39, 0.29) is 0 Å². The van der Waals surface area contributed by atoms with E-state index in [0.717, 1.165) is 0 Å². The number of rotatable bonds is 15. The van der Waals surface area contributed by atoms with Crippen LogP contribution in [0.5, 0.6) is 0 Å². The molecule has 0 fully saturated rings. The maximum absolute atomic E-state index is 2.37. The van der Waals surface area contributed by atoms with Crippen molar-refractivity contribution in [1.82, 2.24) is 0 Å². The van der Waals surface area contributed by atoms with E-state index in [9.17, 15) is 0 Å². The Balaban J connectivity index is 0.000000128. The minimum absolute atomic E-state index is 1.23. The average molecular weight is 1860 g/mol. The van der Waals surface area contributed by atoms with Crippen molar-refractivity contribution >= 4 is 0 Å². The monoisotopic (exact) mass is 1860 g/mol. The fourth-order valence-electron chi connectivity index (χ4n) is 20.7. The Kier molecular flexibility index (Phi) is 31.3. The summed E-state index contributed by atoms with van der Waals surface area (Å²) in [6, 6.07) is 136. The van der Waals surface area contributed by atoms with Crippen molar-refractivity contribution in [3.8, 4) is 168 Å². The third kappa shape index (κ3) is 22.9. The van der Waals surface area contributed by atoms with E-state index in [1.54, 1.807) is 0 Å². The van der Waals surface area contributed by atoms with Crippen molar-refractivity contribution < 1.29 is 22.8 Å². The molecule has 0 saturated carbocycles. The lowest BCUT2D eigenvalue weighted by Gasteiger charge is -2.15. The molecule has 0 aliphatic rings. The summed E-state index contributed by atoms with van der Waals surface area (Å²) in [4.78, 5) is 0. The van der Waals surface area contributed by atoms with Crippen LogP contribution >= 0.6 is 0 Å². The Bertz CT molecular complexity index is 7980. The van der Waals surface area contributed by atoms with Crippen molar-refractivity contribution in [3.63, 3.8) is 0 Å². The number of benzene rings is 15. The predicted molar refractivity (Wildman–Crippen MR) is 605 cm³/mol. The lowest BCUT2D eigenvalue weighted by Crippen LogP contribution is -2.31. The van der Waals surface area contributed by atoms with Gasteiger partial charge in [-0.3, -0.25) is 0 Å². The minimum atomic E-state index is 1.23. The molecule has 0 aliphatic heterocycles. The normalized spacial score (nSPS) is 10.9. The molecule has 5 heteroatoms. The first-order valence-electron chi connectivity index (χ1n) is 50.1. The SMILES string of the molecule is Cc1c[n+](C)c(-c2cc(-c3ccccc3)ccc2C)cc1-c1c(C)cccc1C.Cc1cc(C)c(-c2cc(-c3cc(-c4ccccc4)ccc3C)[n+](C)cc2C)c(C)c1.Cc1cc(C)c(-c2cc(-c3ccccc3)cc[n+]2C)cc1-c1ccccc1.Cc1ccc(-c2cc(-c3cc(-c4ccccc4)ccc3C)[n+](C)cc2C)c(C)c1.Cc1ccccc1-c1cc[n+](C)c(-c2cc(-c3ccccc3)c(C)cc2C)c1. The average Bonchev–Trinajstić information content (AvgIpc) is 0.788. The van der Waals surface area contributed by atoms with Crippen molar-refractivity contribution in [1.29, 1.82) is 0 Å². The zero-order valence-electron chi connectivity index (χ0n) is 87.9. The van der Waals surface area contributed by atoms with Gasteiger partial charge in [0.15, 0.2) is 31.0 Å². The molecule has 0 amide bonds. The molecule has 0 radical (unpaired) electrons. The number of pyridine rings is 5. The Labute approximate surface area is 851 Å². The zero-order valence-corrected chi connectivity index (χ0v) is 87.9. The van der Waals surface area contributed by atoms with Gasteiger partial charge in [-0.2, -0.15) is 0 Å². The number of nitrogens with zero attached hydrogens (tertiary/aromatic N) is 5. The Hall–Kier alpha value is -16.0. The second kappa shape index (κ2) is 44.7. The lowest BCUT2D eigenvalue weighted by molar-refractivity contribution is -0.660. The van der Waals surface area contributed by atoms with Crippen LogP contribution in [0.15, 0.2) is 407 Å². The third-order valence-corrected chi connectivity index (χ3v) is 28.4. The molecule has 5 heterocycles. The molecular weight excluding hydrogens is 1730 g/mol. The third-order valence-electron chi connectivity index (χ3n) is 28.4. The summed E-state index contributed by atoms with van der Waals surface area (Å²) in [5.41, 5.74) is 61.7. The van der Waals surface area contributed by atoms with Gasteiger partial charge in [-0.05, 0) is 339 Å². The van der Waals surface area contributed by atoms with Gasteiger partial charge in [-0.1, -0.05) is 314 Å². The molecule has 0 spiro atoms. The van der Waals surface area contributed by atoms with Crippen LogP contribution in [0, 0.1) is 125 Å². The van der Waals surface area contributed by atoms with E-state index in [2.05, 4.69) is 590 Å². The summed E-state index contributed by atoms with van der Waals surface area (Å²) in [5, 5.41) is 0. The first-order chi connectivity index (χ1) is 68.9. The van der Waals surface area contributed by atoms with Gasteiger partial charge in [0.1, 0.15) is 35.2 Å². The van der Waals surface area contributed by atoms with Gasteiger partial charge >= 0.3 is 0 Å². The summed E-state index contributed by atoms with van der Waals surface area (Å²) in [7, 11) is 10.7.